The van der Waals surface area contributed by atoms with Crippen LogP contribution >= 0.6 is 0 Å². The molecule has 0 fully saturated rings. The summed E-state index contributed by atoms with van der Waals surface area (Å²) >= 11 is 0. The fourth-order valence-corrected chi connectivity index (χ4v) is 3.48. The predicted molar refractivity (Wildman–Crippen MR) is 98.1 cm³/mol. The first-order valence-corrected chi connectivity index (χ1v) is 8.59. The van der Waals surface area contributed by atoms with Gasteiger partial charge in [0.1, 0.15) is 5.82 Å². The molecule has 0 saturated carbocycles. The van der Waals surface area contributed by atoms with Crippen molar-refractivity contribution in [2.45, 2.75) is 25.7 Å². The summed E-state index contributed by atoms with van der Waals surface area (Å²) in [6.45, 7) is 2.20. The zero-order chi connectivity index (χ0) is 18.1. The first-order valence-electron chi connectivity index (χ1n) is 8.59. The van der Waals surface area contributed by atoms with E-state index in [0.29, 0.717) is 30.9 Å². The molecule has 132 valence electrons. The zero-order valence-electron chi connectivity index (χ0n) is 14.4. The fourth-order valence-electron chi connectivity index (χ4n) is 3.48. The molecule has 26 heavy (non-hydrogen) atoms. The molecule has 0 bridgehead atoms. The molecule has 0 radical (unpaired) electrons. The van der Waals surface area contributed by atoms with E-state index < -0.39 is 0 Å². The highest BCUT2D eigenvalue weighted by Gasteiger charge is 2.30. The van der Waals surface area contributed by atoms with E-state index in [1.54, 1.807) is 40.9 Å². The summed E-state index contributed by atoms with van der Waals surface area (Å²) in [5, 5.41) is 7.06. The van der Waals surface area contributed by atoms with Gasteiger partial charge in [-0.05, 0) is 24.1 Å². The Labute approximate surface area is 150 Å². The second-order valence-corrected chi connectivity index (χ2v) is 6.40. The monoisotopic (exact) mass is 349 g/mol. The summed E-state index contributed by atoms with van der Waals surface area (Å²) in [4.78, 5) is 30.2. The Hall–Kier alpha value is -3.22. The van der Waals surface area contributed by atoms with Gasteiger partial charge < -0.3 is 10.2 Å². The number of para-hydroxylation sites is 1. The van der Waals surface area contributed by atoms with E-state index in [2.05, 4.69) is 15.4 Å². The van der Waals surface area contributed by atoms with Crippen LogP contribution in [-0.4, -0.2) is 33.0 Å². The van der Waals surface area contributed by atoms with Crippen molar-refractivity contribution in [3.63, 3.8) is 0 Å². The lowest BCUT2D eigenvalue weighted by atomic mass is 9.96. The minimum atomic E-state index is -0.0771. The van der Waals surface area contributed by atoms with Gasteiger partial charge in [-0.15, -0.1) is 0 Å². The minimum Gasteiger partial charge on any atom is -0.312 e. The van der Waals surface area contributed by atoms with Crippen molar-refractivity contribution in [1.82, 2.24) is 14.6 Å². The Morgan fingerprint density at radius 2 is 2.04 bits per heavy atom. The van der Waals surface area contributed by atoms with Crippen LogP contribution in [-0.2, 0) is 9.59 Å². The van der Waals surface area contributed by atoms with Gasteiger partial charge in [0.2, 0.25) is 11.8 Å². The molecule has 0 saturated heterocycles. The van der Waals surface area contributed by atoms with Crippen LogP contribution in [0.2, 0.25) is 0 Å². The second-order valence-electron chi connectivity index (χ2n) is 6.40. The van der Waals surface area contributed by atoms with Gasteiger partial charge in [-0.25, -0.2) is 4.98 Å². The van der Waals surface area contributed by atoms with Gasteiger partial charge in [-0.3, -0.25) is 9.59 Å². The number of amides is 2. The molecule has 2 amide bonds. The number of fused-ring (bicyclic) bond motifs is 2. The van der Waals surface area contributed by atoms with Crippen LogP contribution in [0.4, 0.5) is 11.5 Å². The summed E-state index contributed by atoms with van der Waals surface area (Å²) in [5.74, 6) is 0.721. The van der Waals surface area contributed by atoms with Gasteiger partial charge in [-0.2, -0.15) is 9.61 Å². The van der Waals surface area contributed by atoms with Gasteiger partial charge in [-0.1, -0.05) is 18.2 Å². The van der Waals surface area contributed by atoms with Gasteiger partial charge >= 0.3 is 0 Å². The number of rotatable bonds is 4. The maximum atomic E-state index is 12.4. The largest absolute Gasteiger partial charge is 0.312 e. The van der Waals surface area contributed by atoms with Gasteiger partial charge in [0.05, 0.1) is 6.20 Å². The average molecular weight is 349 g/mol. The fraction of sp³-hybridized carbons (Fsp3) is 0.263. The highest BCUT2D eigenvalue weighted by molar-refractivity contribution is 5.94. The molecule has 1 aliphatic heterocycles. The molecule has 1 aliphatic rings. The number of carbonyl (C=O) groups is 2. The molecule has 3 heterocycles. The van der Waals surface area contributed by atoms with Crippen molar-refractivity contribution < 1.29 is 9.59 Å². The van der Waals surface area contributed by atoms with Crippen LogP contribution in [0.15, 0.2) is 48.8 Å². The maximum Gasteiger partial charge on any atom is 0.225 e. The molecule has 0 aliphatic carbocycles. The number of anilines is 2. The van der Waals surface area contributed by atoms with Crippen molar-refractivity contribution in [1.29, 1.82) is 0 Å². The van der Waals surface area contributed by atoms with Crippen LogP contribution in [0.25, 0.3) is 5.65 Å². The SMILES string of the molecule is CC(=O)N1C[C@H](CCC(=O)Nc2ccnc3ccnn23)c2ccccc21. The molecule has 4 rings (SSSR count). The van der Waals surface area contributed by atoms with Crippen LogP contribution in [0.5, 0.6) is 0 Å². The Morgan fingerprint density at radius 1 is 1.19 bits per heavy atom. The van der Waals surface area contributed by atoms with E-state index in [9.17, 15) is 9.59 Å². The van der Waals surface area contributed by atoms with Gasteiger partial charge in [0, 0.05) is 43.8 Å². The highest BCUT2D eigenvalue weighted by atomic mass is 16.2. The third-order valence-corrected chi connectivity index (χ3v) is 4.73. The molecular formula is C19H19N5O2. The molecule has 0 spiro atoms. The van der Waals surface area contributed by atoms with Gasteiger partial charge in [0.25, 0.3) is 0 Å². The zero-order valence-corrected chi connectivity index (χ0v) is 14.4. The number of benzene rings is 1. The van der Waals surface area contributed by atoms with Gasteiger partial charge in [0.15, 0.2) is 5.65 Å². The Kier molecular flexibility index (Phi) is 4.12. The molecule has 2 aromatic heterocycles. The van der Waals surface area contributed by atoms with Crippen molar-refractivity contribution in [2.75, 3.05) is 16.8 Å². The van der Waals surface area contributed by atoms with E-state index in [1.807, 2.05) is 24.3 Å². The number of aromatic nitrogens is 3. The van der Waals surface area contributed by atoms with E-state index >= 15 is 0 Å². The smallest absolute Gasteiger partial charge is 0.225 e. The summed E-state index contributed by atoms with van der Waals surface area (Å²) in [6, 6.07) is 11.4. The number of carbonyl (C=O) groups excluding carboxylic acids is 2. The van der Waals surface area contributed by atoms with Crippen molar-refractivity contribution in [3.05, 3.63) is 54.4 Å². The summed E-state index contributed by atoms with van der Waals surface area (Å²) in [7, 11) is 0. The molecule has 1 aromatic carbocycles. The topological polar surface area (TPSA) is 79.6 Å². The Balaban J connectivity index is 1.44. The molecule has 7 heteroatoms. The third kappa shape index (κ3) is 2.92. The first kappa shape index (κ1) is 16.3. The Bertz CT molecular complexity index is 981. The first-order chi connectivity index (χ1) is 12.6. The van der Waals surface area contributed by atoms with E-state index in [1.165, 1.54) is 0 Å². The normalized spacial score (nSPS) is 15.9. The van der Waals surface area contributed by atoms with Crippen LogP contribution < -0.4 is 10.2 Å². The lowest BCUT2D eigenvalue weighted by Gasteiger charge is -2.15. The number of hydrogen-bond acceptors (Lipinski definition) is 4. The lowest BCUT2D eigenvalue weighted by molar-refractivity contribution is -0.116. The minimum absolute atomic E-state index is 0.0299. The van der Waals surface area contributed by atoms with Crippen molar-refractivity contribution >= 4 is 29.0 Å². The predicted octanol–water partition coefficient (Wildman–Crippen LogP) is 2.60. The second kappa shape index (κ2) is 6.59. The van der Waals surface area contributed by atoms with E-state index in [-0.39, 0.29) is 17.7 Å². The Morgan fingerprint density at radius 3 is 2.88 bits per heavy atom. The van der Waals surface area contributed by atoms with Crippen LogP contribution in [0.3, 0.4) is 0 Å². The van der Waals surface area contributed by atoms with E-state index in [0.717, 1.165) is 11.3 Å². The van der Waals surface area contributed by atoms with Crippen molar-refractivity contribution in [3.8, 4) is 0 Å². The third-order valence-electron chi connectivity index (χ3n) is 4.73. The molecule has 7 nitrogen and oxygen atoms in total. The van der Waals surface area contributed by atoms with Crippen molar-refractivity contribution in [2.24, 2.45) is 0 Å². The van der Waals surface area contributed by atoms with Crippen LogP contribution in [0.1, 0.15) is 31.2 Å². The standard InChI is InChI=1S/C19H19N5O2/c1-13(25)23-12-14(15-4-2-3-5-16(15)23)6-7-19(26)22-18-8-10-20-17-9-11-21-24(17)18/h2-5,8-11,14H,6-7,12H2,1H3,(H,22,26)/t14-/m0/s1. The number of nitrogens with one attached hydrogen (secondary N) is 1. The molecular weight excluding hydrogens is 330 g/mol. The van der Waals surface area contributed by atoms with Crippen LogP contribution in [0, 0.1) is 0 Å². The lowest BCUT2D eigenvalue weighted by Crippen LogP contribution is -2.27. The quantitative estimate of drug-likeness (QED) is 0.785. The summed E-state index contributed by atoms with van der Waals surface area (Å²) in [5.41, 5.74) is 2.77. The number of nitrogens with zero attached hydrogens (tertiary/aromatic N) is 4. The summed E-state index contributed by atoms with van der Waals surface area (Å²) < 4.78 is 1.60. The molecule has 3 aromatic rings. The highest BCUT2D eigenvalue weighted by Crippen LogP contribution is 2.38. The van der Waals surface area contributed by atoms with E-state index in [4.69, 9.17) is 0 Å². The molecule has 1 N–H and O–H groups in total. The average Bonchev–Trinajstić information content (AvgIpc) is 3.25. The summed E-state index contributed by atoms with van der Waals surface area (Å²) in [6.07, 6.45) is 4.34. The molecule has 0 unspecified atom stereocenters. The number of hydrogen-bond donors (Lipinski definition) is 1. The maximum absolute atomic E-state index is 12.4. The molecule has 1 atom stereocenters.